The number of hydrogen-bond acceptors (Lipinski definition) is 3. The molecule has 0 unspecified atom stereocenters. The Morgan fingerprint density at radius 1 is 0.964 bits per heavy atom. The highest BCUT2D eigenvalue weighted by Gasteiger charge is 2.31. The van der Waals surface area contributed by atoms with E-state index in [1.165, 1.54) is 41.8 Å². The van der Waals surface area contributed by atoms with Crippen LogP contribution in [0.4, 0.5) is 18.9 Å². The Morgan fingerprint density at radius 3 is 2.46 bits per heavy atom. The Bertz CT molecular complexity index is 830. The van der Waals surface area contributed by atoms with Gasteiger partial charge in [0.25, 0.3) is 5.91 Å². The molecule has 1 aliphatic heterocycles. The van der Waals surface area contributed by atoms with Gasteiger partial charge in [-0.3, -0.25) is 4.79 Å². The molecule has 1 amide bonds. The summed E-state index contributed by atoms with van der Waals surface area (Å²) in [5.74, 6) is 0.0572. The van der Waals surface area contributed by atoms with E-state index in [1.54, 1.807) is 17.4 Å². The SMILES string of the molecule is O=C(c1cc2c(s1)CCCCC2)N1CCN(c2cccc(C(F)(F)F)c2)CC1. The molecule has 0 atom stereocenters. The van der Waals surface area contributed by atoms with E-state index in [-0.39, 0.29) is 5.91 Å². The first-order chi connectivity index (χ1) is 13.4. The van der Waals surface area contributed by atoms with E-state index in [9.17, 15) is 18.0 Å². The van der Waals surface area contributed by atoms with Crippen LogP contribution < -0.4 is 4.90 Å². The van der Waals surface area contributed by atoms with Crippen LogP contribution in [0.25, 0.3) is 0 Å². The van der Waals surface area contributed by atoms with Gasteiger partial charge >= 0.3 is 6.18 Å². The quantitative estimate of drug-likeness (QED) is 0.653. The standard InChI is InChI=1S/C21H23F3N2OS/c22-21(23,24)16-6-4-7-17(14-16)25-9-11-26(12-10-25)20(27)19-13-15-5-2-1-3-8-18(15)28-19/h4,6-7,13-14H,1-3,5,8-12H2. The predicted molar refractivity (Wildman–Crippen MR) is 105 cm³/mol. The fraction of sp³-hybridized carbons (Fsp3) is 0.476. The molecule has 28 heavy (non-hydrogen) atoms. The van der Waals surface area contributed by atoms with Gasteiger partial charge in [-0.15, -0.1) is 11.3 Å². The minimum Gasteiger partial charge on any atom is -0.368 e. The number of thiophene rings is 1. The number of amides is 1. The molecule has 1 aliphatic carbocycles. The van der Waals surface area contributed by atoms with E-state index in [1.807, 2.05) is 9.80 Å². The first-order valence-corrected chi connectivity index (χ1v) is 10.6. The number of benzene rings is 1. The van der Waals surface area contributed by atoms with E-state index in [0.29, 0.717) is 31.9 Å². The van der Waals surface area contributed by atoms with E-state index in [4.69, 9.17) is 0 Å². The van der Waals surface area contributed by atoms with Crippen molar-refractivity contribution in [3.8, 4) is 0 Å². The lowest BCUT2D eigenvalue weighted by molar-refractivity contribution is -0.137. The van der Waals surface area contributed by atoms with Gasteiger partial charge in [0, 0.05) is 36.7 Å². The number of carbonyl (C=O) groups is 1. The van der Waals surface area contributed by atoms with Crippen LogP contribution in [0.5, 0.6) is 0 Å². The van der Waals surface area contributed by atoms with E-state index in [2.05, 4.69) is 6.07 Å². The molecular formula is C21H23F3N2OS. The molecule has 2 heterocycles. The van der Waals surface area contributed by atoms with Crippen molar-refractivity contribution in [2.75, 3.05) is 31.1 Å². The largest absolute Gasteiger partial charge is 0.416 e. The number of piperazine rings is 1. The summed E-state index contributed by atoms with van der Waals surface area (Å²) in [5.41, 5.74) is 1.25. The number of aryl methyl sites for hydroxylation is 2. The molecule has 7 heteroatoms. The monoisotopic (exact) mass is 408 g/mol. The van der Waals surface area contributed by atoms with Crippen molar-refractivity contribution in [2.45, 2.75) is 38.3 Å². The maximum absolute atomic E-state index is 12.9. The Hall–Kier alpha value is -2.02. The number of nitrogens with zero attached hydrogens (tertiary/aromatic N) is 2. The number of carbonyl (C=O) groups excluding carboxylic acids is 1. The lowest BCUT2D eigenvalue weighted by Crippen LogP contribution is -2.48. The fourth-order valence-corrected chi connectivity index (χ4v) is 5.20. The van der Waals surface area contributed by atoms with Crippen LogP contribution in [0.3, 0.4) is 0 Å². The molecule has 0 saturated carbocycles. The Balaban J connectivity index is 1.41. The molecule has 1 aromatic carbocycles. The van der Waals surface area contributed by atoms with Crippen LogP contribution in [-0.2, 0) is 19.0 Å². The lowest BCUT2D eigenvalue weighted by Gasteiger charge is -2.36. The predicted octanol–water partition coefficient (Wildman–Crippen LogP) is 5.00. The van der Waals surface area contributed by atoms with Gasteiger partial charge < -0.3 is 9.80 Å². The van der Waals surface area contributed by atoms with Crippen molar-refractivity contribution >= 4 is 22.9 Å². The molecule has 2 aliphatic rings. The van der Waals surface area contributed by atoms with E-state index >= 15 is 0 Å². The number of alkyl halides is 3. The summed E-state index contributed by atoms with van der Waals surface area (Å²) in [5, 5.41) is 0. The highest BCUT2D eigenvalue weighted by molar-refractivity contribution is 7.14. The van der Waals surface area contributed by atoms with Gasteiger partial charge in [0.05, 0.1) is 10.4 Å². The van der Waals surface area contributed by atoms with Crippen LogP contribution in [0, 0.1) is 0 Å². The number of rotatable bonds is 2. The minimum atomic E-state index is -4.34. The van der Waals surface area contributed by atoms with Gasteiger partial charge in [-0.05, 0) is 55.5 Å². The second-order valence-corrected chi connectivity index (χ2v) is 8.58. The van der Waals surface area contributed by atoms with Crippen LogP contribution in [0.2, 0.25) is 0 Å². The fourth-order valence-electron chi connectivity index (χ4n) is 3.98. The summed E-state index contributed by atoms with van der Waals surface area (Å²) < 4.78 is 38.8. The van der Waals surface area contributed by atoms with Gasteiger partial charge in [-0.1, -0.05) is 12.5 Å². The third-order valence-corrected chi connectivity index (χ3v) is 6.79. The average Bonchev–Trinajstić information content (AvgIpc) is 2.97. The van der Waals surface area contributed by atoms with Crippen LogP contribution >= 0.6 is 11.3 Å². The molecule has 2 aromatic rings. The maximum atomic E-state index is 12.9. The molecule has 0 bridgehead atoms. The molecule has 1 saturated heterocycles. The smallest absolute Gasteiger partial charge is 0.368 e. The zero-order chi connectivity index (χ0) is 19.7. The zero-order valence-corrected chi connectivity index (χ0v) is 16.4. The van der Waals surface area contributed by atoms with Crippen molar-refractivity contribution in [3.63, 3.8) is 0 Å². The Morgan fingerprint density at radius 2 is 1.71 bits per heavy atom. The summed E-state index contributed by atoms with van der Waals surface area (Å²) in [4.78, 5) is 18.8. The van der Waals surface area contributed by atoms with Crippen molar-refractivity contribution in [1.82, 2.24) is 4.90 Å². The normalized spacial score (nSPS) is 18.0. The summed E-state index contributed by atoms with van der Waals surface area (Å²) in [6, 6.07) is 7.47. The van der Waals surface area contributed by atoms with Crippen molar-refractivity contribution in [1.29, 1.82) is 0 Å². The van der Waals surface area contributed by atoms with Crippen LogP contribution in [0.15, 0.2) is 30.3 Å². The van der Waals surface area contributed by atoms with Gasteiger partial charge in [-0.2, -0.15) is 13.2 Å². The summed E-state index contributed by atoms with van der Waals surface area (Å²) >= 11 is 1.62. The second kappa shape index (κ2) is 7.78. The topological polar surface area (TPSA) is 23.6 Å². The van der Waals surface area contributed by atoms with E-state index in [0.717, 1.165) is 23.8 Å². The zero-order valence-electron chi connectivity index (χ0n) is 15.6. The number of hydrogen-bond donors (Lipinski definition) is 0. The lowest BCUT2D eigenvalue weighted by atomic mass is 10.1. The number of halogens is 3. The highest BCUT2D eigenvalue weighted by Crippen LogP contribution is 2.32. The molecule has 4 rings (SSSR count). The molecule has 1 fully saturated rings. The third kappa shape index (κ3) is 4.04. The second-order valence-electron chi connectivity index (χ2n) is 7.45. The van der Waals surface area contributed by atoms with Crippen LogP contribution in [0.1, 0.15) is 44.9 Å². The molecule has 1 aromatic heterocycles. The first kappa shape index (κ1) is 19.3. The summed E-state index contributed by atoms with van der Waals surface area (Å²) in [6.07, 6.45) is 1.41. The number of fused-ring (bicyclic) bond motifs is 1. The van der Waals surface area contributed by atoms with E-state index < -0.39 is 11.7 Å². The molecular weight excluding hydrogens is 385 g/mol. The summed E-state index contributed by atoms with van der Waals surface area (Å²) in [6.45, 7) is 2.13. The maximum Gasteiger partial charge on any atom is 0.416 e. The Kier molecular flexibility index (Phi) is 5.36. The van der Waals surface area contributed by atoms with Gasteiger partial charge in [0.2, 0.25) is 0 Å². The third-order valence-electron chi connectivity index (χ3n) is 5.56. The van der Waals surface area contributed by atoms with Crippen LogP contribution in [-0.4, -0.2) is 37.0 Å². The van der Waals surface area contributed by atoms with Crippen molar-refractivity contribution < 1.29 is 18.0 Å². The van der Waals surface area contributed by atoms with Crippen molar-refractivity contribution in [3.05, 3.63) is 51.2 Å². The highest BCUT2D eigenvalue weighted by atomic mass is 32.1. The Labute approximate surface area is 166 Å². The van der Waals surface area contributed by atoms with Gasteiger partial charge in [0.15, 0.2) is 0 Å². The first-order valence-electron chi connectivity index (χ1n) is 9.75. The molecule has 0 N–H and O–H groups in total. The minimum absolute atomic E-state index is 0.0572. The average molecular weight is 408 g/mol. The molecule has 0 spiro atoms. The van der Waals surface area contributed by atoms with Gasteiger partial charge in [0.1, 0.15) is 0 Å². The number of anilines is 1. The van der Waals surface area contributed by atoms with Gasteiger partial charge in [-0.25, -0.2) is 0 Å². The summed E-state index contributed by atoms with van der Waals surface area (Å²) in [7, 11) is 0. The molecule has 0 radical (unpaired) electrons. The molecule has 150 valence electrons. The molecule has 3 nitrogen and oxygen atoms in total. The van der Waals surface area contributed by atoms with Crippen molar-refractivity contribution in [2.24, 2.45) is 0 Å².